The van der Waals surface area contributed by atoms with Crippen molar-refractivity contribution >= 4 is 11.6 Å². The molecule has 0 saturated heterocycles. The number of halogens is 3. The zero-order valence-corrected chi connectivity index (χ0v) is 11.0. The third kappa shape index (κ3) is 4.92. The Hall–Kier alpha value is -2.34. The summed E-state index contributed by atoms with van der Waals surface area (Å²) in [6.07, 6.45) is 0. The second-order valence-corrected chi connectivity index (χ2v) is 4.44. The molecule has 2 rings (SSSR count). The molecule has 0 aromatic heterocycles. The molecular weight excluding hydrogens is 281 g/mol. The van der Waals surface area contributed by atoms with E-state index in [4.69, 9.17) is 0 Å². The highest BCUT2D eigenvalue weighted by Gasteiger charge is 2.04. The predicted octanol–water partition coefficient (Wildman–Crippen LogP) is 2.83. The Morgan fingerprint density at radius 1 is 0.952 bits per heavy atom. The fourth-order valence-electron chi connectivity index (χ4n) is 1.80. The number of anilines is 1. The zero-order chi connectivity index (χ0) is 15.2. The summed E-state index contributed by atoms with van der Waals surface area (Å²) in [7, 11) is 0. The van der Waals surface area contributed by atoms with Gasteiger partial charge in [0.05, 0.1) is 6.54 Å². The molecule has 0 aliphatic rings. The number of hydrogen-bond acceptors (Lipinski definition) is 2. The van der Waals surface area contributed by atoms with Gasteiger partial charge in [-0.3, -0.25) is 4.79 Å². The van der Waals surface area contributed by atoms with Gasteiger partial charge in [0, 0.05) is 18.3 Å². The molecule has 110 valence electrons. The quantitative estimate of drug-likeness (QED) is 0.890. The molecule has 2 N–H and O–H groups in total. The summed E-state index contributed by atoms with van der Waals surface area (Å²) >= 11 is 0. The van der Waals surface area contributed by atoms with Gasteiger partial charge in [0.15, 0.2) is 0 Å². The molecule has 2 aromatic carbocycles. The van der Waals surface area contributed by atoms with Crippen molar-refractivity contribution < 1.29 is 18.0 Å². The SMILES string of the molecule is O=C(CNCc1cc(F)cc(F)c1)Nc1cccc(F)c1. The van der Waals surface area contributed by atoms with Crippen LogP contribution < -0.4 is 10.6 Å². The van der Waals surface area contributed by atoms with E-state index in [1.165, 1.54) is 30.3 Å². The van der Waals surface area contributed by atoms with Crippen LogP contribution in [0.2, 0.25) is 0 Å². The lowest BCUT2D eigenvalue weighted by Gasteiger charge is -2.07. The van der Waals surface area contributed by atoms with E-state index < -0.39 is 17.5 Å². The van der Waals surface area contributed by atoms with Gasteiger partial charge in [-0.1, -0.05) is 6.07 Å². The minimum Gasteiger partial charge on any atom is -0.325 e. The van der Waals surface area contributed by atoms with Gasteiger partial charge in [-0.15, -0.1) is 0 Å². The van der Waals surface area contributed by atoms with Crippen LogP contribution in [0.3, 0.4) is 0 Å². The molecule has 0 unspecified atom stereocenters. The summed E-state index contributed by atoms with van der Waals surface area (Å²) in [6.45, 7) is 0.0832. The molecule has 0 fully saturated rings. The second kappa shape index (κ2) is 6.90. The van der Waals surface area contributed by atoms with E-state index in [2.05, 4.69) is 10.6 Å². The summed E-state index contributed by atoms with van der Waals surface area (Å²) in [4.78, 5) is 11.6. The molecular formula is C15H13F3N2O. The first-order valence-electron chi connectivity index (χ1n) is 6.24. The van der Waals surface area contributed by atoms with E-state index in [9.17, 15) is 18.0 Å². The lowest BCUT2D eigenvalue weighted by molar-refractivity contribution is -0.115. The lowest BCUT2D eigenvalue weighted by Crippen LogP contribution is -2.27. The molecule has 3 nitrogen and oxygen atoms in total. The van der Waals surface area contributed by atoms with Crippen LogP contribution in [-0.2, 0) is 11.3 Å². The minimum atomic E-state index is -0.670. The predicted molar refractivity (Wildman–Crippen MR) is 73.1 cm³/mol. The summed E-state index contributed by atoms with van der Waals surface area (Å²) in [5.41, 5.74) is 0.740. The Balaban J connectivity index is 1.81. The van der Waals surface area contributed by atoms with Crippen LogP contribution in [-0.4, -0.2) is 12.5 Å². The standard InChI is InChI=1S/C15H13F3N2O/c16-11-2-1-3-14(7-11)20-15(21)9-19-8-10-4-12(17)6-13(18)5-10/h1-7,19H,8-9H2,(H,20,21). The highest BCUT2D eigenvalue weighted by molar-refractivity contribution is 5.92. The fraction of sp³-hybridized carbons (Fsp3) is 0.133. The number of carbonyl (C=O) groups excluding carboxylic acids is 1. The largest absolute Gasteiger partial charge is 0.325 e. The van der Waals surface area contributed by atoms with Gasteiger partial charge in [-0.2, -0.15) is 0 Å². The number of rotatable bonds is 5. The van der Waals surface area contributed by atoms with E-state index in [-0.39, 0.29) is 19.0 Å². The van der Waals surface area contributed by atoms with Crippen molar-refractivity contribution in [2.75, 3.05) is 11.9 Å². The van der Waals surface area contributed by atoms with E-state index in [1.807, 2.05) is 0 Å². The summed E-state index contributed by atoms with van der Waals surface area (Å²) in [5, 5.41) is 5.25. The number of hydrogen-bond donors (Lipinski definition) is 2. The average Bonchev–Trinajstić information content (AvgIpc) is 2.37. The van der Waals surface area contributed by atoms with Crippen molar-refractivity contribution in [3.8, 4) is 0 Å². The Bertz CT molecular complexity index is 626. The molecule has 0 aliphatic heterocycles. The second-order valence-electron chi connectivity index (χ2n) is 4.44. The van der Waals surface area contributed by atoms with Crippen molar-refractivity contribution in [1.82, 2.24) is 5.32 Å². The molecule has 1 amide bonds. The molecule has 6 heteroatoms. The van der Waals surface area contributed by atoms with Crippen molar-refractivity contribution in [2.24, 2.45) is 0 Å². The molecule has 2 aromatic rings. The van der Waals surface area contributed by atoms with Crippen LogP contribution in [0.1, 0.15) is 5.56 Å². The molecule has 0 radical (unpaired) electrons. The average molecular weight is 294 g/mol. The first-order chi connectivity index (χ1) is 10.0. The molecule has 0 spiro atoms. The van der Waals surface area contributed by atoms with E-state index in [0.29, 0.717) is 11.3 Å². The number of carbonyl (C=O) groups is 1. The summed E-state index contributed by atoms with van der Waals surface area (Å²) < 4.78 is 38.8. The first kappa shape index (κ1) is 15.1. The summed E-state index contributed by atoms with van der Waals surface area (Å²) in [5.74, 6) is -2.17. The van der Waals surface area contributed by atoms with Crippen molar-refractivity contribution in [3.63, 3.8) is 0 Å². The van der Waals surface area contributed by atoms with Gasteiger partial charge in [0.2, 0.25) is 5.91 Å². The smallest absolute Gasteiger partial charge is 0.238 e. The van der Waals surface area contributed by atoms with Crippen LogP contribution in [0.4, 0.5) is 18.9 Å². The van der Waals surface area contributed by atoms with Crippen molar-refractivity contribution in [1.29, 1.82) is 0 Å². The molecule has 0 atom stereocenters. The van der Waals surface area contributed by atoms with Crippen LogP contribution in [0.15, 0.2) is 42.5 Å². The third-order valence-electron chi connectivity index (χ3n) is 2.65. The molecule has 21 heavy (non-hydrogen) atoms. The molecule has 0 bridgehead atoms. The number of amides is 1. The zero-order valence-electron chi connectivity index (χ0n) is 11.0. The van der Waals surface area contributed by atoms with Gasteiger partial charge < -0.3 is 10.6 Å². The molecule has 0 saturated carbocycles. The molecule has 0 heterocycles. The Morgan fingerprint density at radius 2 is 1.67 bits per heavy atom. The van der Waals surface area contributed by atoms with Crippen LogP contribution in [0, 0.1) is 17.5 Å². The normalized spacial score (nSPS) is 10.4. The molecule has 0 aliphatic carbocycles. The van der Waals surface area contributed by atoms with Crippen molar-refractivity contribution in [2.45, 2.75) is 6.54 Å². The monoisotopic (exact) mass is 294 g/mol. The van der Waals surface area contributed by atoms with Crippen LogP contribution >= 0.6 is 0 Å². The Labute approximate surface area is 119 Å². The maximum Gasteiger partial charge on any atom is 0.238 e. The fourth-order valence-corrected chi connectivity index (χ4v) is 1.80. The number of benzene rings is 2. The Kier molecular flexibility index (Phi) is 4.94. The highest BCUT2D eigenvalue weighted by atomic mass is 19.1. The maximum atomic E-state index is 13.0. The number of nitrogens with one attached hydrogen (secondary N) is 2. The van der Waals surface area contributed by atoms with E-state index in [1.54, 1.807) is 6.07 Å². The van der Waals surface area contributed by atoms with Gasteiger partial charge in [0.25, 0.3) is 0 Å². The van der Waals surface area contributed by atoms with Gasteiger partial charge in [-0.05, 0) is 35.9 Å². The maximum absolute atomic E-state index is 13.0. The first-order valence-corrected chi connectivity index (χ1v) is 6.24. The topological polar surface area (TPSA) is 41.1 Å². The minimum absolute atomic E-state index is 0.0609. The van der Waals surface area contributed by atoms with E-state index >= 15 is 0 Å². The van der Waals surface area contributed by atoms with Crippen LogP contribution in [0.25, 0.3) is 0 Å². The summed E-state index contributed by atoms with van der Waals surface area (Å²) in [6, 6.07) is 8.64. The van der Waals surface area contributed by atoms with Gasteiger partial charge >= 0.3 is 0 Å². The van der Waals surface area contributed by atoms with Crippen LogP contribution in [0.5, 0.6) is 0 Å². The van der Waals surface area contributed by atoms with Crippen molar-refractivity contribution in [3.05, 3.63) is 65.5 Å². The van der Waals surface area contributed by atoms with Gasteiger partial charge in [-0.25, -0.2) is 13.2 Å². The highest BCUT2D eigenvalue weighted by Crippen LogP contribution is 2.09. The van der Waals surface area contributed by atoms with E-state index in [0.717, 1.165) is 6.07 Å². The lowest BCUT2D eigenvalue weighted by atomic mass is 10.2. The van der Waals surface area contributed by atoms with Gasteiger partial charge in [0.1, 0.15) is 17.5 Å². The third-order valence-corrected chi connectivity index (χ3v) is 2.65. The Morgan fingerprint density at radius 3 is 2.33 bits per heavy atom.